The Morgan fingerprint density at radius 2 is 1.58 bits per heavy atom. The molecule has 1 saturated carbocycles. The van der Waals surface area contributed by atoms with E-state index in [1.807, 2.05) is 31.2 Å². The second-order valence-corrected chi connectivity index (χ2v) is 7.53. The third kappa shape index (κ3) is 7.02. The molecule has 0 spiro atoms. The quantitative estimate of drug-likeness (QED) is 0.494. The predicted molar refractivity (Wildman–Crippen MR) is 119 cm³/mol. The van der Waals surface area contributed by atoms with Crippen LogP contribution in [-0.4, -0.2) is 31.5 Å². The number of benzene rings is 2. The van der Waals surface area contributed by atoms with Crippen LogP contribution < -0.4 is 26.0 Å². The van der Waals surface area contributed by atoms with Crippen LogP contribution in [0.25, 0.3) is 0 Å². The number of anilines is 2. The predicted octanol–water partition coefficient (Wildman–Crippen LogP) is 3.43. The Morgan fingerprint density at radius 3 is 2.19 bits per heavy atom. The molecule has 0 heterocycles. The number of carbonyl (C=O) groups excluding carboxylic acids is 3. The lowest BCUT2D eigenvalue weighted by atomic mass is 10.1. The number of nitrogens with one attached hydrogen (secondary N) is 4. The van der Waals surface area contributed by atoms with Gasteiger partial charge in [-0.3, -0.25) is 9.59 Å². The molecule has 164 valence electrons. The van der Waals surface area contributed by atoms with Gasteiger partial charge in [0.2, 0.25) is 11.8 Å². The van der Waals surface area contributed by atoms with Gasteiger partial charge in [0, 0.05) is 30.3 Å². The van der Waals surface area contributed by atoms with Crippen molar-refractivity contribution in [2.24, 2.45) is 5.92 Å². The molecule has 1 aliphatic rings. The first kappa shape index (κ1) is 22.1. The van der Waals surface area contributed by atoms with E-state index in [0.717, 1.165) is 24.1 Å². The van der Waals surface area contributed by atoms with Gasteiger partial charge in [0.15, 0.2) is 0 Å². The Labute approximate surface area is 181 Å². The van der Waals surface area contributed by atoms with E-state index in [0.29, 0.717) is 11.4 Å². The van der Waals surface area contributed by atoms with Crippen molar-refractivity contribution in [1.29, 1.82) is 0 Å². The molecule has 0 bridgehead atoms. The number of amides is 4. The summed E-state index contributed by atoms with van der Waals surface area (Å²) in [5.74, 6) is 0.764. The van der Waals surface area contributed by atoms with Crippen molar-refractivity contribution in [2.45, 2.75) is 32.2 Å². The Morgan fingerprint density at radius 1 is 0.968 bits per heavy atom. The molecule has 8 nitrogen and oxygen atoms in total. The maximum Gasteiger partial charge on any atom is 0.319 e. The summed E-state index contributed by atoms with van der Waals surface area (Å²) in [5.41, 5.74) is 2.32. The van der Waals surface area contributed by atoms with Crippen LogP contribution in [0, 0.1) is 5.92 Å². The molecule has 2 aromatic rings. The number of hydrogen-bond donors (Lipinski definition) is 4. The van der Waals surface area contributed by atoms with Gasteiger partial charge >= 0.3 is 6.03 Å². The lowest BCUT2D eigenvalue weighted by Gasteiger charge is -2.15. The molecule has 2 aromatic carbocycles. The third-order valence-corrected chi connectivity index (χ3v) is 4.99. The highest BCUT2D eigenvalue weighted by Gasteiger charge is 2.29. The van der Waals surface area contributed by atoms with Crippen LogP contribution in [0.2, 0.25) is 0 Å². The topological polar surface area (TPSA) is 109 Å². The van der Waals surface area contributed by atoms with Crippen molar-refractivity contribution in [1.82, 2.24) is 10.6 Å². The lowest BCUT2D eigenvalue weighted by Crippen LogP contribution is -2.34. The molecule has 4 N–H and O–H groups in total. The van der Waals surface area contributed by atoms with Crippen molar-refractivity contribution < 1.29 is 19.1 Å². The summed E-state index contributed by atoms with van der Waals surface area (Å²) in [5, 5.41) is 11.2. The van der Waals surface area contributed by atoms with Gasteiger partial charge in [0.1, 0.15) is 5.75 Å². The Hall–Kier alpha value is -3.55. The van der Waals surface area contributed by atoms with E-state index in [1.165, 1.54) is 0 Å². The van der Waals surface area contributed by atoms with Crippen LogP contribution in [0.15, 0.2) is 48.5 Å². The Bertz CT molecular complexity index is 908. The van der Waals surface area contributed by atoms with Gasteiger partial charge in [0.05, 0.1) is 13.2 Å². The van der Waals surface area contributed by atoms with E-state index >= 15 is 0 Å². The molecular formula is C23H28N4O4. The third-order valence-electron chi connectivity index (χ3n) is 4.99. The standard InChI is InChI=1S/C23H28N4O4/c1-15(16-5-7-18(8-6-16)26-22(29)17-3-4-17)25-21(28)13-14-24-23(30)27-19-9-11-20(31-2)12-10-19/h5-12,15,17H,3-4,13-14H2,1-2H3,(H,25,28)(H,26,29)(H2,24,27,30). The lowest BCUT2D eigenvalue weighted by molar-refractivity contribution is -0.121. The molecule has 1 atom stereocenters. The summed E-state index contributed by atoms with van der Waals surface area (Å²) < 4.78 is 5.07. The second kappa shape index (κ2) is 10.5. The van der Waals surface area contributed by atoms with Crippen molar-refractivity contribution >= 4 is 29.2 Å². The first-order valence-corrected chi connectivity index (χ1v) is 10.3. The SMILES string of the molecule is COc1ccc(NC(=O)NCCC(=O)NC(C)c2ccc(NC(=O)C3CC3)cc2)cc1. The molecule has 1 fully saturated rings. The molecule has 3 rings (SSSR count). The van der Waals surface area contributed by atoms with Crippen molar-refractivity contribution in [2.75, 3.05) is 24.3 Å². The zero-order valence-electron chi connectivity index (χ0n) is 17.7. The van der Waals surface area contributed by atoms with Gasteiger partial charge in [-0.05, 0) is 61.7 Å². The summed E-state index contributed by atoms with van der Waals surface area (Å²) >= 11 is 0. The normalized spacial score (nSPS) is 13.6. The maximum absolute atomic E-state index is 12.2. The molecule has 0 saturated heterocycles. The van der Waals surface area contributed by atoms with Gasteiger partial charge in [0.25, 0.3) is 0 Å². The van der Waals surface area contributed by atoms with Crippen LogP contribution in [0.3, 0.4) is 0 Å². The van der Waals surface area contributed by atoms with E-state index in [2.05, 4.69) is 21.3 Å². The van der Waals surface area contributed by atoms with Crippen molar-refractivity contribution in [3.63, 3.8) is 0 Å². The molecule has 0 radical (unpaired) electrons. The Kier molecular flexibility index (Phi) is 7.48. The molecule has 8 heteroatoms. The van der Waals surface area contributed by atoms with Gasteiger partial charge < -0.3 is 26.0 Å². The van der Waals surface area contributed by atoms with Crippen molar-refractivity contribution in [3.8, 4) is 5.75 Å². The fraction of sp³-hybridized carbons (Fsp3) is 0.348. The molecule has 1 unspecified atom stereocenters. The summed E-state index contributed by atoms with van der Waals surface area (Å²) in [4.78, 5) is 35.9. The Balaban J connectivity index is 1.36. The summed E-state index contributed by atoms with van der Waals surface area (Å²) in [6.45, 7) is 2.10. The van der Waals surface area contributed by atoms with Gasteiger partial charge in [-0.2, -0.15) is 0 Å². The second-order valence-electron chi connectivity index (χ2n) is 7.53. The number of hydrogen-bond acceptors (Lipinski definition) is 4. The van der Waals surface area contributed by atoms with E-state index in [9.17, 15) is 14.4 Å². The van der Waals surface area contributed by atoms with Gasteiger partial charge in [-0.25, -0.2) is 4.79 Å². The fourth-order valence-corrected chi connectivity index (χ4v) is 2.98. The number of methoxy groups -OCH3 is 1. The monoisotopic (exact) mass is 424 g/mol. The van der Waals surface area contributed by atoms with E-state index in [1.54, 1.807) is 31.4 Å². The minimum Gasteiger partial charge on any atom is -0.497 e. The summed E-state index contributed by atoms with van der Waals surface area (Å²) in [7, 11) is 1.57. The number of carbonyl (C=O) groups is 3. The average Bonchev–Trinajstić information content (AvgIpc) is 3.60. The van der Waals surface area contributed by atoms with Crippen LogP contribution in [-0.2, 0) is 9.59 Å². The minimum atomic E-state index is -0.380. The smallest absolute Gasteiger partial charge is 0.319 e. The molecule has 0 aromatic heterocycles. The zero-order chi connectivity index (χ0) is 22.2. The fourth-order valence-electron chi connectivity index (χ4n) is 2.98. The van der Waals surface area contributed by atoms with Crippen LogP contribution >= 0.6 is 0 Å². The molecule has 4 amide bonds. The first-order valence-electron chi connectivity index (χ1n) is 10.3. The van der Waals surface area contributed by atoms with Crippen LogP contribution in [0.5, 0.6) is 5.75 Å². The average molecular weight is 425 g/mol. The number of rotatable bonds is 9. The summed E-state index contributed by atoms with van der Waals surface area (Å²) in [6.07, 6.45) is 2.09. The van der Waals surface area contributed by atoms with Crippen molar-refractivity contribution in [3.05, 3.63) is 54.1 Å². The molecule has 0 aliphatic heterocycles. The van der Waals surface area contributed by atoms with E-state index in [4.69, 9.17) is 4.74 Å². The molecular weight excluding hydrogens is 396 g/mol. The zero-order valence-corrected chi connectivity index (χ0v) is 17.7. The highest BCUT2D eigenvalue weighted by Crippen LogP contribution is 2.30. The van der Waals surface area contributed by atoms with Gasteiger partial charge in [-0.15, -0.1) is 0 Å². The summed E-state index contributed by atoms with van der Waals surface area (Å²) in [6, 6.07) is 13.8. The minimum absolute atomic E-state index is 0.0672. The van der Waals surface area contributed by atoms with Gasteiger partial charge in [-0.1, -0.05) is 12.1 Å². The van der Waals surface area contributed by atoms with E-state index < -0.39 is 0 Å². The first-order chi connectivity index (χ1) is 14.9. The number of ether oxygens (including phenoxy) is 1. The molecule has 1 aliphatic carbocycles. The maximum atomic E-state index is 12.2. The van der Waals surface area contributed by atoms with E-state index in [-0.39, 0.29) is 42.8 Å². The number of urea groups is 1. The van der Waals surface area contributed by atoms with Crippen LogP contribution in [0.4, 0.5) is 16.2 Å². The highest BCUT2D eigenvalue weighted by atomic mass is 16.5. The largest absolute Gasteiger partial charge is 0.497 e. The van der Waals surface area contributed by atoms with Crippen LogP contribution in [0.1, 0.15) is 37.8 Å². The highest BCUT2D eigenvalue weighted by molar-refractivity contribution is 5.94. The molecule has 31 heavy (non-hydrogen) atoms.